The monoisotopic (exact) mass is 421 g/mol. The Kier molecular flexibility index (Phi) is 7.92. The van der Waals surface area contributed by atoms with Crippen LogP contribution < -0.4 is 5.32 Å². The van der Waals surface area contributed by atoms with E-state index < -0.39 is 11.7 Å². The van der Waals surface area contributed by atoms with Crippen LogP contribution in [0.4, 0.5) is 13.2 Å². The van der Waals surface area contributed by atoms with E-state index >= 15 is 0 Å². The van der Waals surface area contributed by atoms with Gasteiger partial charge in [0.2, 0.25) is 0 Å². The third-order valence-corrected chi connectivity index (χ3v) is 5.02. The lowest BCUT2D eigenvalue weighted by Crippen LogP contribution is -2.13. The maximum Gasteiger partial charge on any atom is 0.416 e. The van der Waals surface area contributed by atoms with Crippen molar-refractivity contribution < 1.29 is 13.2 Å². The summed E-state index contributed by atoms with van der Waals surface area (Å²) in [7, 11) is 0. The zero-order valence-corrected chi connectivity index (χ0v) is 17.6. The number of hydrogen-bond acceptors (Lipinski definition) is 1. The van der Waals surface area contributed by atoms with Crippen molar-refractivity contribution in [1.82, 2.24) is 5.32 Å². The third-order valence-electron chi connectivity index (χ3n) is 5.02. The van der Waals surface area contributed by atoms with Gasteiger partial charge in [-0.1, -0.05) is 61.6 Å². The molecule has 0 heterocycles. The number of rotatable bonds is 7. The highest BCUT2D eigenvalue weighted by Gasteiger charge is 2.29. The molecule has 0 spiro atoms. The van der Waals surface area contributed by atoms with Crippen LogP contribution in [-0.2, 0) is 25.7 Å². The maximum absolute atomic E-state index is 12.6. The molecular weight excluding hydrogens is 395 g/mol. The Bertz CT molecular complexity index is 1010. The zero-order valence-electron chi connectivity index (χ0n) is 17.6. The van der Waals surface area contributed by atoms with Gasteiger partial charge in [-0.25, -0.2) is 0 Å². The Hall–Kier alpha value is -3.03. The first-order chi connectivity index (χ1) is 14.9. The molecule has 3 aromatic carbocycles. The molecule has 160 valence electrons. The molecule has 0 bridgehead atoms. The minimum absolute atomic E-state index is 0.508. The van der Waals surface area contributed by atoms with Gasteiger partial charge in [0.05, 0.1) is 5.56 Å². The van der Waals surface area contributed by atoms with Crippen LogP contribution in [0.2, 0.25) is 0 Å². The lowest BCUT2D eigenvalue weighted by Gasteiger charge is -2.08. The van der Waals surface area contributed by atoms with Gasteiger partial charge in [0, 0.05) is 24.2 Å². The second kappa shape index (κ2) is 10.8. The average Bonchev–Trinajstić information content (AvgIpc) is 2.77. The van der Waals surface area contributed by atoms with Crippen LogP contribution in [-0.4, -0.2) is 0 Å². The molecule has 0 aliphatic heterocycles. The summed E-state index contributed by atoms with van der Waals surface area (Å²) in [4.78, 5) is 0. The predicted molar refractivity (Wildman–Crippen MR) is 119 cm³/mol. The predicted octanol–water partition coefficient (Wildman–Crippen LogP) is 6.74. The number of hydrogen-bond donors (Lipinski definition) is 1. The fourth-order valence-electron chi connectivity index (χ4n) is 3.15. The number of halogens is 3. The fourth-order valence-corrected chi connectivity index (χ4v) is 3.15. The smallest absolute Gasteiger partial charge is 0.309 e. The molecule has 0 aromatic heterocycles. The number of aryl methyl sites for hydroxylation is 1. The lowest BCUT2D eigenvalue weighted by atomic mass is 10.1. The van der Waals surface area contributed by atoms with Crippen LogP contribution in [0.5, 0.6) is 0 Å². The summed E-state index contributed by atoms with van der Waals surface area (Å²) in [5.41, 5.74) is 4.58. The van der Waals surface area contributed by atoms with Gasteiger partial charge >= 0.3 is 6.18 Å². The summed E-state index contributed by atoms with van der Waals surface area (Å²) in [6, 6.07) is 21.7. The Labute approximate surface area is 182 Å². The van der Waals surface area contributed by atoms with Crippen molar-refractivity contribution in [3.63, 3.8) is 0 Å². The molecule has 0 atom stereocenters. The third kappa shape index (κ3) is 7.31. The van der Waals surface area contributed by atoms with Crippen LogP contribution in [0.3, 0.4) is 0 Å². The van der Waals surface area contributed by atoms with Crippen LogP contribution in [0, 0.1) is 11.8 Å². The Morgan fingerprint density at radius 2 is 1.13 bits per heavy atom. The minimum Gasteiger partial charge on any atom is -0.309 e. The molecule has 0 aliphatic rings. The van der Waals surface area contributed by atoms with E-state index in [0.717, 1.165) is 40.8 Å². The van der Waals surface area contributed by atoms with Crippen LogP contribution >= 0.6 is 0 Å². The molecule has 0 aliphatic carbocycles. The molecule has 0 saturated carbocycles. The van der Waals surface area contributed by atoms with Crippen molar-refractivity contribution in [3.8, 4) is 11.8 Å². The van der Waals surface area contributed by atoms with Gasteiger partial charge in [0.15, 0.2) is 0 Å². The molecule has 31 heavy (non-hydrogen) atoms. The number of nitrogens with one attached hydrogen (secondary N) is 1. The minimum atomic E-state index is -4.30. The molecule has 3 rings (SSSR count). The number of benzene rings is 3. The van der Waals surface area contributed by atoms with Gasteiger partial charge in [-0.2, -0.15) is 13.2 Å². The van der Waals surface area contributed by atoms with Crippen molar-refractivity contribution in [1.29, 1.82) is 0 Å². The van der Waals surface area contributed by atoms with Crippen LogP contribution in [0.25, 0.3) is 0 Å². The Morgan fingerprint density at radius 1 is 0.677 bits per heavy atom. The van der Waals surface area contributed by atoms with Gasteiger partial charge in [0.1, 0.15) is 0 Å². The molecule has 0 saturated heterocycles. The van der Waals surface area contributed by atoms with E-state index in [1.807, 2.05) is 24.3 Å². The molecule has 0 fully saturated rings. The zero-order chi connectivity index (χ0) is 22.1. The van der Waals surface area contributed by atoms with Gasteiger partial charge < -0.3 is 5.32 Å². The SMILES string of the molecule is CCCCc1ccc(C#Cc2ccc(CNCc3ccc(C(F)(F)F)cc3)cc2)cc1. The van der Waals surface area contributed by atoms with Gasteiger partial charge in [-0.3, -0.25) is 0 Å². The summed E-state index contributed by atoms with van der Waals surface area (Å²) < 4.78 is 37.8. The van der Waals surface area contributed by atoms with E-state index in [1.54, 1.807) is 0 Å². The highest BCUT2D eigenvalue weighted by molar-refractivity contribution is 5.44. The first-order valence-corrected chi connectivity index (χ1v) is 10.5. The number of unbranched alkanes of at least 4 members (excludes halogenated alkanes) is 1. The Balaban J connectivity index is 1.49. The topological polar surface area (TPSA) is 12.0 Å². The van der Waals surface area contributed by atoms with Crippen LogP contribution in [0.1, 0.15) is 53.1 Å². The molecule has 3 aromatic rings. The van der Waals surface area contributed by atoms with Crippen molar-refractivity contribution >= 4 is 0 Å². The van der Waals surface area contributed by atoms with E-state index in [1.165, 1.54) is 30.5 Å². The summed E-state index contributed by atoms with van der Waals surface area (Å²) in [5, 5.41) is 3.26. The average molecular weight is 422 g/mol. The summed E-state index contributed by atoms with van der Waals surface area (Å²) >= 11 is 0. The highest BCUT2D eigenvalue weighted by atomic mass is 19.4. The van der Waals surface area contributed by atoms with Gasteiger partial charge in [-0.05, 0) is 65.9 Å². The standard InChI is InChI=1S/C27H26F3N/c1-2-3-4-21-5-7-22(8-6-21)9-10-23-11-13-24(14-12-23)19-31-20-25-15-17-26(18-16-25)27(28,29)30/h5-8,11-18,31H,2-4,19-20H2,1H3. The maximum atomic E-state index is 12.6. The first-order valence-electron chi connectivity index (χ1n) is 10.5. The lowest BCUT2D eigenvalue weighted by molar-refractivity contribution is -0.137. The molecule has 1 nitrogen and oxygen atoms in total. The number of alkyl halides is 3. The second-order valence-corrected chi connectivity index (χ2v) is 7.55. The normalized spacial score (nSPS) is 11.1. The van der Waals surface area contributed by atoms with Crippen molar-refractivity contribution in [3.05, 3.63) is 106 Å². The van der Waals surface area contributed by atoms with Gasteiger partial charge in [-0.15, -0.1) is 0 Å². The van der Waals surface area contributed by atoms with E-state index in [4.69, 9.17) is 0 Å². The molecule has 1 N–H and O–H groups in total. The molecule has 0 amide bonds. The van der Waals surface area contributed by atoms with E-state index in [9.17, 15) is 13.2 Å². The first kappa shape index (κ1) is 22.7. The molecule has 4 heteroatoms. The molecular formula is C27H26F3N. The molecule has 0 unspecified atom stereocenters. The Morgan fingerprint density at radius 3 is 1.58 bits per heavy atom. The van der Waals surface area contributed by atoms with Crippen molar-refractivity contribution in [2.45, 2.75) is 45.5 Å². The largest absolute Gasteiger partial charge is 0.416 e. The second-order valence-electron chi connectivity index (χ2n) is 7.55. The van der Waals surface area contributed by atoms with Crippen molar-refractivity contribution in [2.75, 3.05) is 0 Å². The quantitative estimate of drug-likeness (QED) is 0.417. The van der Waals surface area contributed by atoms with E-state index in [-0.39, 0.29) is 0 Å². The van der Waals surface area contributed by atoms with E-state index in [2.05, 4.69) is 48.3 Å². The highest BCUT2D eigenvalue weighted by Crippen LogP contribution is 2.29. The van der Waals surface area contributed by atoms with Crippen LogP contribution in [0.15, 0.2) is 72.8 Å². The van der Waals surface area contributed by atoms with E-state index in [0.29, 0.717) is 13.1 Å². The summed E-state index contributed by atoms with van der Waals surface area (Å²) in [6.07, 6.45) is -0.786. The van der Waals surface area contributed by atoms with Crippen molar-refractivity contribution in [2.24, 2.45) is 0 Å². The fraction of sp³-hybridized carbons (Fsp3) is 0.259. The summed E-state index contributed by atoms with van der Waals surface area (Å²) in [5.74, 6) is 6.39. The van der Waals surface area contributed by atoms with Gasteiger partial charge in [0.25, 0.3) is 0 Å². The summed E-state index contributed by atoms with van der Waals surface area (Å²) in [6.45, 7) is 3.34. The molecule has 0 radical (unpaired) electrons.